The normalized spacial score (nSPS) is 11.9. The lowest BCUT2D eigenvalue weighted by Crippen LogP contribution is -2.24. The van der Waals surface area contributed by atoms with Crippen molar-refractivity contribution in [2.24, 2.45) is 5.16 Å². The number of oxime groups is 1. The fraction of sp³-hybridized carbons (Fsp3) is 0.714. The van der Waals surface area contributed by atoms with E-state index < -0.39 is 12.1 Å². The van der Waals surface area contributed by atoms with Gasteiger partial charge in [0.1, 0.15) is 0 Å². The molecule has 0 spiro atoms. The topological polar surface area (TPSA) is 58.9 Å². The molecule has 70 valence electrons. The molecule has 0 aliphatic heterocycles. The number of aliphatic carboxylic acids is 1. The van der Waals surface area contributed by atoms with Gasteiger partial charge in [-0.25, -0.2) is 4.79 Å². The summed E-state index contributed by atoms with van der Waals surface area (Å²) in [7, 11) is 0. The maximum Gasteiger partial charge on any atom is 0.348 e. The van der Waals surface area contributed by atoms with E-state index in [4.69, 9.17) is 9.94 Å². The number of carbonyl (C=O) groups is 1. The minimum Gasteiger partial charge on any atom is -0.478 e. The van der Waals surface area contributed by atoms with Crippen molar-refractivity contribution in [1.29, 1.82) is 0 Å². The second-order valence-electron chi connectivity index (χ2n) is 2.43. The van der Waals surface area contributed by atoms with Crippen LogP contribution >= 0.6 is 11.8 Å². The molecular weight excluding hydrogens is 178 g/mol. The summed E-state index contributed by atoms with van der Waals surface area (Å²) in [6.07, 6.45) is 0.983. The summed E-state index contributed by atoms with van der Waals surface area (Å²) in [5.41, 5.74) is 0.711. The summed E-state index contributed by atoms with van der Waals surface area (Å²) in [5, 5.41) is 12.2. The lowest BCUT2D eigenvalue weighted by molar-refractivity contribution is -0.148. The Bertz CT molecular complexity index is 177. The zero-order valence-corrected chi connectivity index (χ0v) is 8.22. The Labute approximate surface area is 76.0 Å². The third kappa shape index (κ3) is 5.01. The van der Waals surface area contributed by atoms with Crippen LogP contribution in [0.1, 0.15) is 13.8 Å². The predicted molar refractivity (Wildman–Crippen MR) is 49.7 cm³/mol. The third-order valence-electron chi connectivity index (χ3n) is 0.956. The van der Waals surface area contributed by atoms with Gasteiger partial charge in [-0.3, -0.25) is 0 Å². The van der Waals surface area contributed by atoms with E-state index in [-0.39, 0.29) is 0 Å². The second kappa shape index (κ2) is 5.88. The molecule has 0 heterocycles. The van der Waals surface area contributed by atoms with Crippen molar-refractivity contribution in [3.05, 3.63) is 0 Å². The highest BCUT2D eigenvalue weighted by Crippen LogP contribution is 2.02. The molecule has 5 heteroatoms. The molecular formula is C7H13NO3S. The van der Waals surface area contributed by atoms with Gasteiger partial charge in [0.25, 0.3) is 0 Å². The number of carboxylic acids is 1. The van der Waals surface area contributed by atoms with Gasteiger partial charge in [-0.2, -0.15) is 11.8 Å². The first kappa shape index (κ1) is 11.3. The Balaban J connectivity index is 3.96. The molecule has 1 unspecified atom stereocenters. The monoisotopic (exact) mass is 191 g/mol. The van der Waals surface area contributed by atoms with E-state index in [0.29, 0.717) is 11.5 Å². The van der Waals surface area contributed by atoms with E-state index in [1.165, 1.54) is 11.8 Å². The lowest BCUT2D eigenvalue weighted by Gasteiger charge is -2.08. The summed E-state index contributed by atoms with van der Waals surface area (Å²) in [6.45, 7) is 3.50. The van der Waals surface area contributed by atoms with E-state index in [1.54, 1.807) is 13.8 Å². The molecule has 0 fully saturated rings. The minimum absolute atomic E-state index is 0.409. The molecule has 4 nitrogen and oxygen atoms in total. The highest BCUT2D eigenvalue weighted by molar-refractivity contribution is 7.98. The number of thioether (sulfide) groups is 1. The van der Waals surface area contributed by atoms with Gasteiger partial charge in [0.15, 0.2) is 0 Å². The van der Waals surface area contributed by atoms with Gasteiger partial charge < -0.3 is 9.94 Å². The maximum atomic E-state index is 10.5. The molecule has 12 heavy (non-hydrogen) atoms. The van der Waals surface area contributed by atoms with Gasteiger partial charge in [-0.15, -0.1) is 0 Å². The van der Waals surface area contributed by atoms with Crippen LogP contribution in [0.15, 0.2) is 5.16 Å². The molecule has 0 bridgehead atoms. The van der Waals surface area contributed by atoms with Crippen LogP contribution in [0.4, 0.5) is 0 Å². The van der Waals surface area contributed by atoms with E-state index in [1.807, 2.05) is 6.26 Å². The van der Waals surface area contributed by atoms with Crippen molar-refractivity contribution in [3.63, 3.8) is 0 Å². The summed E-state index contributed by atoms with van der Waals surface area (Å²) in [6, 6.07) is 0. The first-order valence-electron chi connectivity index (χ1n) is 3.46. The Morgan fingerprint density at radius 1 is 1.67 bits per heavy atom. The SMILES string of the molecule is CSCC(ON=C(C)C)C(=O)O. The van der Waals surface area contributed by atoms with Crippen LogP contribution in [-0.2, 0) is 9.63 Å². The van der Waals surface area contributed by atoms with Crippen molar-refractivity contribution >= 4 is 23.4 Å². The van der Waals surface area contributed by atoms with Crippen LogP contribution in [0, 0.1) is 0 Å². The quantitative estimate of drug-likeness (QED) is 0.524. The molecule has 0 aliphatic rings. The Morgan fingerprint density at radius 3 is 2.58 bits per heavy atom. The second-order valence-corrected chi connectivity index (χ2v) is 3.34. The third-order valence-corrected chi connectivity index (χ3v) is 1.59. The average molecular weight is 191 g/mol. The molecule has 0 aromatic heterocycles. The Kier molecular flexibility index (Phi) is 5.53. The van der Waals surface area contributed by atoms with Crippen LogP contribution in [0.2, 0.25) is 0 Å². The van der Waals surface area contributed by atoms with Crippen LogP contribution in [0.3, 0.4) is 0 Å². The van der Waals surface area contributed by atoms with E-state index in [9.17, 15) is 4.79 Å². The summed E-state index contributed by atoms with van der Waals surface area (Å²) in [4.78, 5) is 15.3. The van der Waals surface area contributed by atoms with E-state index in [0.717, 1.165) is 0 Å². The molecule has 0 amide bonds. The fourth-order valence-corrected chi connectivity index (χ4v) is 0.973. The highest BCUT2D eigenvalue weighted by atomic mass is 32.2. The van der Waals surface area contributed by atoms with Crippen LogP contribution in [0.25, 0.3) is 0 Å². The van der Waals surface area contributed by atoms with Crippen LogP contribution in [0.5, 0.6) is 0 Å². The largest absolute Gasteiger partial charge is 0.478 e. The standard InChI is InChI=1S/C7H13NO3S/c1-5(2)8-11-6(4-12-3)7(9)10/h6H,4H2,1-3H3,(H,9,10). The molecule has 0 aromatic carbocycles. The van der Waals surface area contributed by atoms with Gasteiger partial charge in [-0.1, -0.05) is 5.16 Å². The van der Waals surface area contributed by atoms with Gasteiger partial charge in [-0.05, 0) is 20.1 Å². The van der Waals surface area contributed by atoms with Crippen LogP contribution < -0.4 is 0 Å². The van der Waals surface area contributed by atoms with Gasteiger partial charge >= 0.3 is 5.97 Å². The predicted octanol–water partition coefficient (Wildman–Crippen LogP) is 1.22. The smallest absolute Gasteiger partial charge is 0.348 e. The molecule has 0 radical (unpaired) electrons. The zero-order chi connectivity index (χ0) is 9.56. The Morgan fingerprint density at radius 2 is 2.25 bits per heavy atom. The Hall–Kier alpha value is -0.710. The first-order valence-corrected chi connectivity index (χ1v) is 4.86. The number of nitrogens with zero attached hydrogens (tertiary/aromatic N) is 1. The number of carboxylic acid groups (broad SMARTS) is 1. The summed E-state index contributed by atoms with van der Waals surface area (Å²) < 4.78 is 0. The van der Waals surface area contributed by atoms with Crippen LogP contribution in [-0.4, -0.2) is 34.9 Å². The molecule has 0 aromatic rings. The number of hydrogen-bond acceptors (Lipinski definition) is 4. The summed E-state index contributed by atoms with van der Waals surface area (Å²) in [5.74, 6) is -0.569. The van der Waals surface area contributed by atoms with Crippen molar-refractivity contribution in [2.45, 2.75) is 20.0 Å². The molecule has 0 saturated heterocycles. The van der Waals surface area contributed by atoms with E-state index in [2.05, 4.69) is 5.16 Å². The molecule has 1 atom stereocenters. The van der Waals surface area contributed by atoms with Crippen molar-refractivity contribution in [3.8, 4) is 0 Å². The zero-order valence-electron chi connectivity index (χ0n) is 7.40. The first-order chi connectivity index (χ1) is 5.57. The van der Waals surface area contributed by atoms with E-state index >= 15 is 0 Å². The minimum atomic E-state index is -0.977. The van der Waals surface area contributed by atoms with Gasteiger partial charge in [0.05, 0.1) is 5.71 Å². The van der Waals surface area contributed by atoms with Crippen molar-refractivity contribution < 1.29 is 14.7 Å². The molecule has 0 rings (SSSR count). The highest BCUT2D eigenvalue weighted by Gasteiger charge is 2.17. The number of hydrogen-bond donors (Lipinski definition) is 1. The summed E-state index contributed by atoms with van der Waals surface area (Å²) >= 11 is 1.41. The van der Waals surface area contributed by atoms with Crippen molar-refractivity contribution in [1.82, 2.24) is 0 Å². The van der Waals surface area contributed by atoms with Crippen molar-refractivity contribution in [2.75, 3.05) is 12.0 Å². The molecule has 0 aliphatic carbocycles. The number of rotatable bonds is 5. The molecule has 0 saturated carbocycles. The maximum absolute atomic E-state index is 10.5. The lowest BCUT2D eigenvalue weighted by atomic mass is 10.4. The molecule has 1 N–H and O–H groups in total. The van der Waals surface area contributed by atoms with Gasteiger partial charge in [0, 0.05) is 5.75 Å². The average Bonchev–Trinajstić information content (AvgIpc) is 1.96. The fourth-order valence-electron chi connectivity index (χ4n) is 0.467. The van der Waals surface area contributed by atoms with Gasteiger partial charge in [0.2, 0.25) is 6.10 Å².